The van der Waals surface area contributed by atoms with Gasteiger partial charge in [0.1, 0.15) is 0 Å². The molecule has 0 radical (unpaired) electrons. The van der Waals surface area contributed by atoms with Gasteiger partial charge in [-0.3, -0.25) is 0 Å². The summed E-state index contributed by atoms with van der Waals surface area (Å²) in [4.78, 5) is 4.90. The molecule has 2 heteroatoms. The van der Waals surface area contributed by atoms with Crippen molar-refractivity contribution in [3.05, 3.63) is 248 Å². The molecule has 1 unspecified atom stereocenters. The second-order valence-electron chi connectivity index (χ2n) is 17.0. The second-order valence-corrected chi connectivity index (χ2v) is 17.0. The normalized spacial score (nSPS) is 14.2. The Morgan fingerprint density at radius 3 is 1.45 bits per heavy atom. The molecule has 1 aliphatic rings. The Morgan fingerprint density at radius 1 is 0.371 bits per heavy atom. The van der Waals surface area contributed by atoms with E-state index in [0.717, 1.165) is 17.1 Å². The van der Waals surface area contributed by atoms with Crippen molar-refractivity contribution >= 4 is 50.0 Å². The largest absolute Gasteiger partial charge is 0.333 e. The molecule has 0 amide bonds. The van der Waals surface area contributed by atoms with E-state index in [1.165, 1.54) is 77.4 Å². The molecule has 0 N–H and O–H groups in total. The third-order valence-corrected chi connectivity index (χ3v) is 13.0. The Labute approximate surface area is 364 Å². The summed E-state index contributed by atoms with van der Waals surface area (Å²) in [5.74, 6) is 0. The van der Waals surface area contributed by atoms with Gasteiger partial charge in [-0.05, 0) is 121 Å². The molecule has 0 fully saturated rings. The molecule has 0 aliphatic carbocycles. The van der Waals surface area contributed by atoms with Gasteiger partial charge in [-0.2, -0.15) is 0 Å². The zero-order chi connectivity index (χ0) is 41.6. The maximum atomic E-state index is 2.53. The van der Waals surface area contributed by atoms with Gasteiger partial charge in [0.25, 0.3) is 0 Å². The third-order valence-electron chi connectivity index (χ3n) is 13.0. The summed E-state index contributed by atoms with van der Waals surface area (Å²) in [7, 11) is 0. The topological polar surface area (TPSA) is 6.48 Å². The molecule has 2 nitrogen and oxygen atoms in total. The van der Waals surface area contributed by atoms with Gasteiger partial charge < -0.3 is 9.80 Å². The summed E-state index contributed by atoms with van der Waals surface area (Å²) >= 11 is 0. The first-order chi connectivity index (χ1) is 30.5. The summed E-state index contributed by atoms with van der Waals surface area (Å²) in [6.45, 7) is 4.75. The maximum Gasteiger partial charge on any atom is 0.0683 e. The first kappa shape index (κ1) is 37.3. The van der Waals surface area contributed by atoms with Crippen LogP contribution in [0.2, 0.25) is 0 Å². The zero-order valence-corrected chi connectivity index (χ0v) is 35.0. The third kappa shape index (κ3) is 6.62. The lowest BCUT2D eigenvalue weighted by atomic mass is 9.77. The molecule has 0 saturated carbocycles. The Bertz CT molecular complexity index is 3170. The number of fused-ring (bicyclic) bond motifs is 4. The van der Waals surface area contributed by atoms with Crippen LogP contribution in [0.5, 0.6) is 0 Å². The Balaban J connectivity index is 0.884. The van der Waals surface area contributed by atoms with Crippen LogP contribution in [0, 0.1) is 0 Å². The van der Waals surface area contributed by atoms with Crippen LogP contribution < -0.4 is 9.80 Å². The lowest BCUT2D eigenvalue weighted by Crippen LogP contribution is -2.30. The van der Waals surface area contributed by atoms with E-state index < -0.39 is 0 Å². The fourth-order valence-electron chi connectivity index (χ4n) is 9.82. The van der Waals surface area contributed by atoms with Crippen LogP contribution in [0.3, 0.4) is 0 Å². The van der Waals surface area contributed by atoms with E-state index in [-0.39, 0.29) is 11.5 Å². The van der Waals surface area contributed by atoms with Crippen LogP contribution in [0.4, 0.5) is 28.4 Å². The van der Waals surface area contributed by atoms with Crippen LogP contribution in [0.15, 0.2) is 237 Å². The number of benzene rings is 10. The minimum Gasteiger partial charge on any atom is -0.333 e. The highest BCUT2D eigenvalue weighted by atomic mass is 15.2. The van der Waals surface area contributed by atoms with Crippen molar-refractivity contribution in [2.24, 2.45) is 0 Å². The van der Waals surface area contributed by atoms with Crippen molar-refractivity contribution in [1.29, 1.82) is 0 Å². The molecule has 1 aliphatic heterocycles. The number of anilines is 5. The van der Waals surface area contributed by atoms with Crippen molar-refractivity contribution in [2.75, 3.05) is 9.80 Å². The molecule has 0 saturated heterocycles. The molecule has 10 aromatic rings. The van der Waals surface area contributed by atoms with Gasteiger partial charge in [0, 0.05) is 33.9 Å². The highest BCUT2D eigenvalue weighted by Gasteiger charge is 2.45. The van der Waals surface area contributed by atoms with E-state index in [9.17, 15) is 0 Å². The number of rotatable bonds is 8. The standard InChI is InChI=1S/C60H46N2/c1-60(2)57-19-11-12-20-58(57)62(59(60)49-16-7-4-8-17-49)53-37-31-47(32-38-53)44-23-21-43(22-24-44)46-29-35-52(36-30-46)61(51-33-27-45(28-34-51)42-13-5-3-6-14-42)54-39-40-56-50(41-54)26-25-48-15-9-10-18-55(48)56/h3-41,59H,1-2H3. The molecule has 11 rings (SSSR count). The first-order valence-corrected chi connectivity index (χ1v) is 21.6. The van der Waals surface area contributed by atoms with Gasteiger partial charge >= 0.3 is 0 Å². The molecule has 296 valence electrons. The monoisotopic (exact) mass is 794 g/mol. The lowest BCUT2D eigenvalue weighted by Gasteiger charge is -2.35. The van der Waals surface area contributed by atoms with Gasteiger partial charge in [0.05, 0.1) is 6.04 Å². The highest BCUT2D eigenvalue weighted by molar-refractivity contribution is 6.08. The summed E-state index contributed by atoms with van der Waals surface area (Å²) in [6.07, 6.45) is 0. The van der Waals surface area contributed by atoms with Crippen LogP contribution in [-0.4, -0.2) is 0 Å². The number of nitrogens with zero attached hydrogens (tertiary/aromatic N) is 2. The number of hydrogen-bond donors (Lipinski definition) is 0. The smallest absolute Gasteiger partial charge is 0.0683 e. The molecule has 0 spiro atoms. The number of hydrogen-bond acceptors (Lipinski definition) is 2. The predicted molar refractivity (Wildman–Crippen MR) is 263 cm³/mol. The van der Waals surface area contributed by atoms with Gasteiger partial charge in [-0.1, -0.05) is 196 Å². The molecule has 1 atom stereocenters. The van der Waals surface area contributed by atoms with Gasteiger partial charge in [-0.25, -0.2) is 0 Å². The van der Waals surface area contributed by atoms with E-state index in [2.05, 4.69) is 260 Å². The van der Waals surface area contributed by atoms with E-state index >= 15 is 0 Å². The highest BCUT2D eigenvalue weighted by Crippen LogP contribution is 2.55. The van der Waals surface area contributed by atoms with Crippen molar-refractivity contribution in [3.8, 4) is 33.4 Å². The van der Waals surface area contributed by atoms with E-state index in [0.29, 0.717) is 0 Å². The van der Waals surface area contributed by atoms with E-state index in [1.807, 2.05) is 0 Å². The minimum absolute atomic E-state index is 0.0523. The molecule has 1 heterocycles. The van der Waals surface area contributed by atoms with Gasteiger partial charge in [0.2, 0.25) is 0 Å². The lowest BCUT2D eigenvalue weighted by molar-refractivity contribution is 0.449. The Kier molecular flexibility index (Phi) is 9.28. The van der Waals surface area contributed by atoms with Crippen LogP contribution in [0.1, 0.15) is 31.0 Å². The van der Waals surface area contributed by atoms with Gasteiger partial charge in [0.15, 0.2) is 0 Å². The quantitative estimate of drug-likeness (QED) is 0.141. The Morgan fingerprint density at radius 2 is 0.823 bits per heavy atom. The fraction of sp³-hybridized carbons (Fsp3) is 0.0667. The predicted octanol–water partition coefficient (Wildman–Crippen LogP) is 16.6. The summed E-state index contributed by atoms with van der Waals surface area (Å²) < 4.78 is 0. The SMILES string of the molecule is CC1(C)c2ccccc2N(c2ccc(-c3ccc(-c4ccc(N(c5ccc(-c6ccccc6)cc5)c5ccc6c(ccc7ccccc76)c5)cc4)cc3)cc2)C1c1ccccc1. The molecule has 0 aromatic heterocycles. The van der Waals surface area contributed by atoms with Crippen LogP contribution >= 0.6 is 0 Å². The molecule has 62 heavy (non-hydrogen) atoms. The second kappa shape index (κ2) is 15.4. The van der Waals surface area contributed by atoms with E-state index in [4.69, 9.17) is 0 Å². The summed E-state index contributed by atoms with van der Waals surface area (Å²) in [6, 6.07) is 86.6. The average molecular weight is 795 g/mol. The minimum atomic E-state index is -0.0523. The summed E-state index contributed by atoms with van der Waals surface area (Å²) in [5, 5.41) is 5.02. The molecule has 0 bridgehead atoms. The zero-order valence-electron chi connectivity index (χ0n) is 35.0. The average Bonchev–Trinajstić information content (AvgIpc) is 3.58. The Hall–Kier alpha value is -7.68. The van der Waals surface area contributed by atoms with Gasteiger partial charge in [-0.15, -0.1) is 0 Å². The van der Waals surface area contributed by atoms with Crippen molar-refractivity contribution in [3.63, 3.8) is 0 Å². The van der Waals surface area contributed by atoms with E-state index in [1.54, 1.807) is 0 Å². The maximum absolute atomic E-state index is 2.53. The van der Waals surface area contributed by atoms with Crippen molar-refractivity contribution in [1.82, 2.24) is 0 Å². The van der Waals surface area contributed by atoms with Crippen molar-refractivity contribution in [2.45, 2.75) is 25.3 Å². The van der Waals surface area contributed by atoms with Crippen LogP contribution in [-0.2, 0) is 5.41 Å². The first-order valence-electron chi connectivity index (χ1n) is 21.6. The number of para-hydroxylation sites is 1. The molecule has 10 aromatic carbocycles. The summed E-state index contributed by atoms with van der Waals surface area (Å²) in [5.41, 5.74) is 15.7. The fourth-order valence-corrected chi connectivity index (χ4v) is 9.82. The van der Waals surface area contributed by atoms with Crippen molar-refractivity contribution < 1.29 is 0 Å². The van der Waals surface area contributed by atoms with Crippen LogP contribution in [0.25, 0.3) is 54.9 Å². The molecular weight excluding hydrogens is 749 g/mol. The molecular formula is C60H46N2.